The number of halogens is 3. The van der Waals surface area contributed by atoms with Crippen molar-refractivity contribution < 1.29 is 23.1 Å². The Morgan fingerprint density at radius 2 is 1.78 bits per heavy atom. The lowest BCUT2D eigenvalue weighted by Crippen LogP contribution is -2.39. The van der Waals surface area contributed by atoms with E-state index < -0.39 is 35.0 Å². The molecule has 1 amide bonds. The predicted molar refractivity (Wildman–Crippen MR) is 59.5 cm³/mol. The maximum atomic E-state index is 13.3. The van der Waals surface area contributed by atoms with Crippen LogP contribution in [0.1, 0.15) is 24.2 Å². The van der Waals surface area contributed by atoms with Gasteiger partial charge >= 0.3 is 0 Å². The molecule has 0 aliphatic heterocycles. The van der Waals surface area contributed by atoms with Gasteiger partial charge in [-0.3, -0.25) is 4.79 Å². The summed E-state index contributed by atoms with van der Waals surface area (Å²) >= 11 is 0. The first-order valence-electron chi connectivity index (χ1n) is 5.43. The topological polar surface area (TPSA) is 49.3 Å². The summed E-state index contributed by atoms with van der Waals surface area (Å²) in [4.78, 5) is 11.6. The zero-order valence-corrected chi connectivity index (χ0v) is 10.0. The van der Waals surface area contributed by atoms with E-state index in [1.807, 2.05) is 0 Å². The van der Waals surface area contributed by atoms with E-state index in [9.17, 15) is 18.0 Å². The zero-order valence-electron chi connectivity index (χ0n) is 10.0. The maximum Gasteiger partial charge on any atom is 0.257 e. The van der Waals surface area contributed by atoms with Crippen LogP contribution in [-0.4, -0.2) is 23.7 Å². The fraction of sp³-hybridized carbons (Fsp3) is 0.417. The van der Waals surface area contributed by atoms with Crippen LogP contribution in [0.5, 0.6) is 0 Å². The summed E-state index contributed by atoms with van der Waals surface area (Å²) in [6.45, 7) is 3.09. The lowest BCUT2D eigenvalue weighted by Gasteiger charge is -2.19. The first kappa shape index (κ1) is 14.5. The highest BCUT2D eigenvalue weighted by molar-refractivity contribution is 5.94. The van der Waals surface area contributed by atoms with E-state index >= 15 is 0 Å². The van der Waals surface area contributed by atoms with E-state index in [1.165, 1.54) is 0 Å². The van der Waals surface area contributed by atoms with Crippen LogP contribution in [0.2, 0.25) is 0 Å². The minimum Gasteiger partial charge on any atom is -0.396 e. The van der Waals surface area contributed by atoms with Crippen LogP contribution >= 0.6 is 0 Å². The van der Waals surface area contributed by atoms with Crippen molar-refractivity contribution in [1.29, 1.82) is 0 Å². The van der Waals surface area contributed by atoms with Crippen LogP contribution in [0.3, 0.4) is 0 Å². The summed E-state index contributed by atoms with van der Waals surface area (Å²) in [7, 11) is 0. The highest BCUT2D eigenvalue weighted by Crippen LogP contribution is 2.15. The Hall–Kier alpha value is -1.56. The molecule has 0 fully saturated rings. The number of benzene rings is 1. The molecule has 0 radical (unpaired) electrons. The van der Waals surface area contributed by atoms with Gasteiger partial charge in [0.15, 0.2) is 0 Å². The van der Waals surface area contributed by atoms with E-state index in [-0.39, 0.29) is 12.5 Å². The standard InChI is InChI=1S/C12H14F3NO2/c1-6(5-17)7(2)16-12(18)11-9(14)3-8(13)4-10(11)15/h3-4,6-7,17H,5H2,1-2H3,(H,16,18). The van der Waals surface area contributed by atoms with Gasteiger partial charge in [-0.1, -0.05) is 6.92 Å². The molecule has 1 aromatic carbocycles. The number of amides is 1. The Balaban J connectivity index is 2.92. The number of carbonyl (C=O) groups is 1. The number of nitrogens with one attached hydrogen (secondary N) is 1. The largest absolute Gasteiger partial charge is 0.396 e. The van der Waals surface area contributed by atoms with Gasteiger partial charge in [0.25, 0.3) is 5.91 Å². The third-order valence-corrected chi connectivity index (χ3v) is 2.73. The third kappa shape index (κ3) is 3.22. The quantitative estimate of drug-likeness (QED) is 0.869. The molecule has 0 spiro atoms. The van der Waals surface area contributed by atoms with E-state index in [0.717, 1.165) is 0 Å². The Labute approximate surface area is 103 Å². The van der Waals surface area contributed by atoms with Gasteiger partial charge in [0.1, 0.15) is 23.0 Å². The highest BCUT2D eigenvalue weighted by atomic mass is 19.1. The highest BCUT2D eigenvalue weighted by Gasteiger charge is 2.22. The molecule has 0 aliphatic carbocycles. The molecule has 0 heterocycles. The molecular formula is C12H14F3NO2. The van der Waals surface area contributed by atoms with Crippen LogP contribution < -0.4 is 5.32 Å². The second kappa shape index (κ2) is 5.86. The molecule has 0 aromatic heterocycles. The van der Waals surface area contributed by atoms with Crippen LogP contribution in [-0.2, 0) is 0 Å². The van der Waals surface area contributed by atoms with Crippen molar-refractivity contribution in [2.75, 3.05) is 6.61 Å². The fourth-order valence-corrected chi connectivity index (χ4v) is 1.34. The smallest absolute Gasteiger partial charge is 0.257 e. The molecule has 2 unspecified atom stereocenters. The van der Waals surface area contributed by atoms with Gasteiger partial charge in [-0.15, -0.1) is 0 Å². The number of carbonyl (C=O) groups excluding carboxylic acids is 1. The van der Waals surface area contributed by atoms with Crippen molar-refractivity contribution in [3.05, 3.63) is 35.1 Å². The van der Waals surface area contributed by atoms with Crippen LogP contribution in [0, 0.1) is 23.4 Å². The van der Waals surface area contributed by atoms with E-state index in [4.69, 9.17) is 5.11 Å². The molecule has 0 saturated heterocycles. The van der Waals surface area contributed by atoms with E-state index in [0.29, 0.717) is 12.1 Å². The summed E-state index contributed by atoms with van der Waals surface area (Å²) in [5.74, 6) is -4.83. The van der Waals surface area contributed by atoms with Crippen molar-refractivity contribution in [3.63, 3.8) is 0 Å². The number of rotatable bonds is 4. The average molecular weight is 261 g/mol. The molecular weight excluding hydrogens is 247 g/mol. The van der Waals surface area contributed by atoms with E-state index in [1.54, 1.807) is 13.8 Å². The van der Waals surface area contributed by atoms with Crippen molar-refractivity contribution in [2.45, 2.75) is 19.9 Å². The lowest BCUT2D eigenvalue weighted by molar-refractivity contribution is 0.0907. The Kier molecular flexibility index (Phi) is 4.72. The number of aliphatic hydroxyl groups excluding tert-OH is 1. The summed E-state index contributed by atoms with van der Waals surface area (Å²) in [6, 6.07) is 0.419. The number of hydrogen-bond donors (Lipinski definition) is 2. The molecule has 2 N–H and O–H groups in total. The Morgan fingerprint density at radius 3 is 2.22 bits per heavy atom. The van der Waals surface area contributed by atoms with Crippen molar-refractivity contribution in [1.82, 2.24) is 5.32 Å². The van der Waals surface area contributed by atoms with Gasteiger partial charge in [0, 0.05) is 24.8 Å². The second-order valence-electron chi connectivity index (χ2n) is 4.17. The van der Waals surface area contributed by atoms with Gasteiger partial charge in [-0.25, -0.2) is 13.2 Å². The van der Waals surface area contributed by atoms with Gasteiger partial charge in [0.05, 0.1) is 0 Å². The van der Waals surface area contributed by atoms with Gasteiger partial charge in [-0.05, 0) is 12.8 Å². The minimum absolute atomic E-state index is 0.171. The SMILES string of the molecule is CC(CO)C(C)NC(=O)c1c(F)cc(F)cc1F. The van der Waals surface area contributed by atoms with Crippen molar-refractivity contribution in [3.8, 4) is 0 Å². The average Bonchev–Trinajstić information content (AvgIpc) is 2.26. The molecule has 1 rings (SSSR count). The number of aliphatic hydroxyl groups is 1. The summed E-state index contributed by atoms with van der Waals surface area (Å²) in [5.41, 5.74) is -0.826. The molecule has 0 bridgehead atoms. The molecule has 3 nitrogen and oxygen atoms in total. The lowest BCUT2D eigenvalue weighted by atomic mass is 10.0. The minimum atomic E-state index is -1.26. The Morgan fingerprint density at radius 1 is 1.28 bits per heavy atom. The zero-order chi connectivity index (χ0) is 13.9. The normalized spacial score (nSPS) is 14.1. The monoisotopic (exact) mass is 261 g/mol. The Bertz CT molecular complexity index is 428. The third-order valence-electron chi connectivity index (χ3n) is 2.73. The van der Waals surface area contributed by atoms with Crippen LogP contribution in [0.4, 0.5) is 13.2 Å². The number of hydrogen-bond acceptors (Lipinski definition) is 2. The van der Waals surface area contributed by atoms with E-state index in [2.05, 4.69) is 5.32 Å². The fourth-order valence-electron chi connectivity index (χ4n) is 1.34. The molecule has 0 aliphatic rings. The van der Waals surface area contributed by atoms with Crippen molar-refractivity contribution >= 4 is 5.91 Å². The predicted octanol–water partition coefficient (Wildman–Crippen LogP) is 1.85. The molecule has 18 heavy (non-hydrogen) atoms. The van der Waals surface area contributed by atoms with Gasteiger partial charge < -0.3 is 10.4 Å². The van der Waals surface area contributed by atoms with Crippen LogP contribution in [0.25, 0.3) is 0 Å². The summed E-state index contributed by atoms with van der Waals surface area (Å²) < 4.78 is 39.3. The first-order chi connectivity index (χ1) is 8.36. The molecule has 2 atom stereocenters. The summed E-state index contributed by atoms with van der Waals surface area (Å²) in [5, 5.41) is 11.2. The van der Waals surface area contributed by atoms with Crippen molar-refractivity contribution in [2.24, 2.45) is 5.92 Å². The van der Waals surface area contributed by atoms with Crippen LogP contribution in [0.15, 0.2) is 12.1 Å². The second-order valence-corrected chi connectivity index (χ2v) is 4.17. The maximum absolute atomic E-state index is 13.3. The molecule has 6 heteroatoms. The van der Waals surface area contributed by atoms with Gasteiger partial charge in [-0.2, -0.15) is 0 Å². The first-order valence-corrected chi connectivity index (χ1v) is 5.43. The molecule has 100 valence electrons. The summed E-state index contributed by atoms with van der Waals surface area (Å²) in [6.07, 6.45) is 0. The molecule has 1 aromatic rings. The van der Waals surface area contributed by atoms with Gasteiger partial charge in [0.2, 0.25) is 0 Å². The molecule has 0 saturated carbocycles.